The van der Waals surface area contributed by atoms with Crippen molar-refractivity contribution in [3.8, 4) is 0 Å². The van der Waals surface area contributed by atoms with Crippen molar-refractivity contribution in [1.29, 1.82) is 0 Å². The summed E-state index contributed by atoms with van der Waals surface area (Å²) in [5, 5.41) is 5.20. The fourth-order valence-corrected chi connectivity index (χ4v) is 4.27. The summed E-state index contributed by atoms with van der Waals surface area (Å²) in [6.45, 7) is 5.22. The van der Waals surface area contributed by atoms with Gasteiger partial charge in [0, 0.05) is 12.0 Å². The molecule has 2 aliphatic carbocycles. The number of carbonyl (C=O) groups is 2. The first-order chi connectivity index (χ1) is 13.5. The van der Waals surface area contributed by atoms with Crippen LogP contribution in [0.2, 0.25) is 0 Å². The van der Waals surface area contributed by atoms with E-state index in [9.17, 15) is 9.59 Å². The lowest BCUT2D eigenvalue weighted by Gasteiger charge is -2.20. The van der Waals surface area contributed by atoms with Gasteiger partial charge >= 0.3 is 5.97 Å². The van der Waals surface area contributed by atoms with Gasteiger partial charge in [0.1, 0.15) is 16.5 Å². The van der Waals surface area contributed by atoms with Gasteiger partial charge in [0.05, 0.1) is 25.3 Å². The van der Waals surface area contributed by atoms with Crippen LogP contribution >= 0.6 is 11.3 Å². The van der Waals surface area contributed by atoms with E-state index in [0.29, 0.717) is 41.6 Å². The molecule has 2 fully saturated rings. The van der Waals surface area contributed by atoms with Crippen molar-refractivity contribution in [2.45, 2.75) is 51.6 Å². The topological polar surface area (TPSA) is 71.8 Å². The molecule has 0 saturated heterocycles. The summed E-state index contributed by atoms with van der Waals surface area (Å²) in [7, 11) is 0. The molecular formula is C21H26N2O4S. The van der Waals surface area contributed by atoms with Gasteiger partial charge in [-0.1, -0.05) is 6.92 Å². The molecule has 2 aliphatic rings. The zero-order valence-corrected chi connectivity index (χ0v) is 17.1. The number of nitrogens with zero attached hydrogens (tertiary/aromatic N) is 1. The number of ether oxygens (including phenoxy) is 1. The number of rotatable bonds is 9. The van der Waals surface area contributed by atoms with Crippen LogP contribution in [-0.4, -0.2) is 36.0 Å². The number of nitrogens with one attached hydrogen (secondary N) is 1. The van der Waals surface area contributed by atoms with Crippen LogP contribution < -0.4 is 5.32 Å². The van der Waals surface area contributed by atoms with Crippen LogP contribution in [0.5, 0.6) is 0 Å². The van der Waals surface area contributed by atoms with Gasteiger partial charge in [0.15, 0.2) is 0 Å². The molecule has 2 aromatic rings. The predicted octanol–water partition coefficient (Wildman–Crippen LogP) is 4.24. The molecule has 1 N–H and O–H groups in total. The molecule has 2 unspecified atom stereocenters. The Morgan fingerprint density at radius 2 is 2.11 bits per heavy atom. The summed E-state index contributed by atoms with van der Waals surface area (Å²) in [4.78, 5) is 26.8. The molecule has 2 atom stereocenters. The summed E-state index contributed by atoms with van der Waals surface area (Å²) in [5.74, 6) is 2.73. The van der Waals surface area contributed by atoms with Gasteiger partial charge in [-0.05, 0) is 55.7 Å². The minimum Gasteiger partial charge on any atom is -0.464 e. The summed E-state index contributed by atoms with van der Waals surface area (Å²) in [6, 6.07) is 6.21. The molecule has 0 bridgehead atoms. The number of thiophene rings is 1. The summed E-state index contributed by atoms with van der Waals surface area (Å²) in [6.07, 6.45) is 3.41. The molecule has 0 radical (unpaired) electrons. The summed E-state index contributed by atoms with van der Waals surface area (Å²) >= 11 is 1.33. The third-order valence-corrected chi connectivity index (χ3v) is 6.17. The Morgan fingerprint density at radius 3 is 2.79 bits per heavy atom. The third-order valence-electron chi connectivity index (χ3n) is 5.34. The first-order valence-electron chi connectivity index (χ1n) is 9.92. The van der Waals surface area contributed by atoms with E-state index < -0.39 is 5.97 Å². The first kappa shape index (κ1) is 19.2. The van der Waals surface area contributed by atoms with Crippen molar-refractivity contribution in [3.05, 3.63) is 40.7 Å². The molecule has 0 aromatic carbocycles. The van der Waals surface area contributed by atoms with Crippen LogP contribution in [0, 0.1) is 5.92 Å². The van der Waals surface area contributed by atoms with Crippen molar-refractivity contribution in [2.24, 2.45) is 5.92 Å². The average Bonchev–Trinajstić information content (AvgIpc) is 3.54. The molecule has 2 heterocycles. The van der Waals surface area contributed by atoms with E-state index >= 15 is 0 Å². The fraction of sp³-hybridized carbons (Fsp3) is 0.524. The Bertz CT molecular complexity index is 854. The van der Waals surface area contributed by atoms with Crippen molar-refractivity contribution < 1.29 is 18.7 Å². The molecule has 0 spiro atoms. The number of furan rings is 1. The second-order valence-electron chi connectivity index (χ2n) is 7.69. The maximum atomic E-state index is 12.6. The molecule has 150 valence electrons. The smallest absolute Gasteiger partial charge is 0.341 e. The largest absolute Gasteiger partial charge is 0.464 e. The second kappa shape index (κ2) is 8.09. The van der Waals surface area contributed by atoms with Crippen LogP contribution in [0.3, 0.4) is 0 Å². The minimum absolute atomic E-state index is 0.123. The van der Waals surface area contributed by atoms with E-state index in [1.807, 2.05) is 6.07 Å². The zero-order chi connectivity index (χ0) is 19.7. The Morgan fingerprint density at radius 1 is 1.32 bits per heavy atom. The SMILES string of the molecule is CCOC(=O)c1ccsc1NC(=O)CN(Cc1ccc(C2CC2C)o1)C1CC1. The number of esters is 1. The van der Waals surface area contributed by atoms with E-state index in [1.54, 1.807) is 18.4 Å². The number of hydrogen-bond acceptors (Lipinski definition) is 6. The van der Waals surface area contributed by atoms with Crippen LogP contribution in [-0.2, 0) is 16.1 Å². The molecule has 2 saturated carbocycles. The second-order valence-corrected chi connectivity index (χ2v) is 8.61. The molecular weight excluding hydrogens is 376 g/mol. The van der Waals surface area contributed by atoms with Gasteiger partial charge in [0.2, 0.25) is 5.91 Å². The van der Waals surface area contributed by atoms with Crippen molar-refractivity contribution in [3.63, 3.8) is 0 Å². The van der Waals surface area contributed by atoms with Crippen LogP contribution in [0.1, 0.15) is 60.9 Å². The lowest BCUT2D eigenvalue weighted by molar-refractivity contribution is -0.117. The maximum absolute atomic E-state index is 12.6. The number of hydrogen-bond donors (Lipinski definition) is 1. The lowest BCUT2D eigenvalue weighted by Crippen LogP contribution is -2.34. The fourth-order valence-electron chi connectivity index (χ4n) is 3.48. The van der Waals surface area contributed by atoms with E-state index in [4.69, 9.17) is 9.15 Å². The highest BCUT2D eigenvalue weighted by Crippen LogP contribution is 2.47. The summed E-state index contributed by atoms with van der Waals surface area (Å²) < 4.78 is 11.1. The summed E-state index contributed by atoms with van der Waals surface area (Å²) in [5.41, 5.74) is 0.410. The Kier molecular flexibility index (Phi) is 5.55. The predicted molar refractivity (Wildman–Crippen MR) is 108 cm³/mol. The minimum atomic E-state index is -0.407. The van der Waals surface area contributed by atoms with Crippen LogP contribution in [0.25, 0.3) is 0 Å². The molecule has 28 heavy (non-hydrogen) atoms. The number of anilines is 1. The molecule has 6 nitrogen and oxygen atoms in total. The molecule has 1 amide bonds. The van der Waals surface area contributed by atoms with Crippen molar-refractivity contribution in [1.82, 2.24) is 4.90 Å². The number of amides is 1. The Hall–Kier alpha value is -2.12. The molecule has 0 aliphatic heterocycles. The maximum Gasteiger partial charge on any atom is 0.341 e. The molecule has 2 aromatic heterocycles. The highest BCUT2D eigenvalue weighted by molar-refractivity contribution is 7.14. The van der Waals surface area contributed by atoms with Gasteiger partial charge < -0.3 is 14.5 Å². The Labute approximate surface area is 168 Å². The van der Waals surface area contributed by atoms with E-state index in [-0.39, 0.29) is 12.5 Å². The van der Waals surface area contributed by atoms with Gasteiger partial charge in [-0.25, -0.2) is 4.79 Å². The first-order valence-corrected chi connectivity index (χ1v) is 10.8. The lowest BCUT2D eigenvalue weighted by atomic mass is 10.3. The highest BCUT2D eigenvalue weighted by atomic mass is 32.1. The average molecular weight is 403 g/mol. The standard InChI is InChI=1S/C21H26N2O4S/c1-3-26-21(25)16-8-9-28-20(16)22-19(24)12-23(14-4-5-14)11-15-6-7-18(27-15)17-10-13(17)2/h6-9,13-14,17H,3-5,10-12H2,1-2H3,(H,22,24). The third kappa shape index (κ3) is 4.47. The molecule has 4 rings (SSSR count). The monoisotopic (exact) mass is 402 g/mol. The highest BCUT2D eigenvalue weighted by Gasteiger charge is 2.37. The van der Waals surface area contributed by atoms with E-state index in [1.165, 1.54) is 17.8 Å². The van der Waals surface area contributed by atoms with Crippen LogP contribution in [0.4, 0.5) is 5.00 Å². The normalized spacial score (nSPS) is 21.0. The van der Waals surface area contributed by atoms with Gasteiger partial charge in [-0.2, -0.15) is 0 Å². The zero-order valence-electron chi connectivity index (χ0n) is 16.3. The van der Waals surface area contributed by atoms with Crippen molar-refractivity contribution in [2.75, 3.05) is 18.5 Å². The van der Waals surface area contributed by atoms with Crippen molar-refractivity contribution >= 4 is 28.2 Å². The molecule has 7 heteroatoms. The van der Waals surface area contributed by atoms with Gasteiger partial charge in [-0.15, -0.1) is 11.3 Å². The van der Waals surface area contributed by atoms with E-state index in [0.717, 1.165) is 24.4 Å². The van der Waals surface area contributed by atoms with Gasteiger partial charge in [-0.3, -0.25) is 9.69 Å². The number of carbonyl (C=O) groups excluding carboxylic acids is 2. The quantitative estimate of drug-likeness (QED) is 0.635. The van der Waals surface area contributed by atoms with Crippen LogP contribution in [0.15, 0.2) is 28.0 Å². The van der Waals surface area contributed by atoms with Gasteiger partial charge in [0.25, 0.3) is 0 Å². The van der Waals surface area contributed by atoms with E-state index in [2.05, 4.69) is 23.2 Å². The Balaban J connectivity index is 1.36.